The molecule has 1 spiro atoms. The van der Waals surface area contributed by atoms with Gasteiger partial charge >= 0.3 is 0 Å². The van der Waals surface area contributed by atoms with Crippen LogP contribution in [0.25, 0.3) is 0 Å². The van der Waals surface area contributed by atoms with Crippen molar-refractivity contribution in [1.29, 1.82) is 0 Å². The molecule has 1 N–H and O–H groups in total. The van der Waals surface area contributed by atoms with Gasteiger partial charge in [-0.2, -0.15) is 0 Å². The summed E-state index contributed by atoms with van der Waals surface area (Å²) in [5.74, 6) is -0.200. The fraction of sp³-hybridized carbons (Fsp3) is 0.647. The Morgan fingerprint density at radius 3 is 2.76 bits per heavy atom. The van der Waals surface area contributed by atoms with E-state index in [0.29, 0.717) is 22.0 Å². The van der Waals surface area contributed by atoms with E-state index in [-0.39, 0.29) is 5.82 Å². The van der Waals surface area contributed by atoms with E-state index in [0.717, 1.165) is 24.3 Å². The van der Waals surface area contributed by atoms with Gasteiger partial charge in [0.25, 0.3) is 0 Å². The molecule has 2 fully saturated rings. The lowest BCUT2D eigenvalue weighted by Crippen LogP contribution is -2.60. The molecule has 0 saturated heterocycles. The molecule has 116 valence electrons. The van der Waals surface area contributed by atoms with E-state index < -0.39 is 0 Å². The quantitative estimate of drug-likeness (QED) is 0.816. The van der Waals surface area contributed by atoms with Crippen LogP contribution in [0.4, 0.5) is 10.1 Å². The second kappa shape index (κ2) is 5.88. The van der Waals surface area contributed by atoms with Gasteiger partial charge in [-0.05, 0) is 66.7 Å². The van der Waals surface area contributed by atoms with E-state index >= 15 is 0 Å². The fourth-order valence-electron chi connectivity index (χ4n) is 4.08. The van der Waals surface area contributed by atoms with Crippen molar-refractivity contribution in [1.82, 2.24) is 0 Å². The molecule has 0 amide bonds. The van der Waals surface area contributed by atoms with Crippen molar-refractivity contribution in [2.75, 3.05) is 11.9 Å². The Labute approximate surface area is 134 Å². The highest BCUT2D eigenvalue weighted by Gasteiger charge is 2.56. The first-order chi connectivity index (χ1) is 10.1. The van der Waals surface area contributed by atoms with Crippen LogP contribution in [0.15, 0.2) is 16.6 Å². The number of halogens is 2. The van der Waals surface area contributed by atoms with Crippen LogP contribution in [0.5, 0.6) is 0 Å². The monoisotopic (exact) mass is 355 g/mol. The van der Waals surface area contributed by atoms with Crippen molar-refractivity contribution in [2.24, 2.45) is 5.41 Å². The largest absolute Gasteiger partial charge is 0.381 e. The summed E-state index contributed by atoms with van der Waals surface area (Å²) < 4.78 is 20.0. The van der Waals surface area contributed by atoms with Crippen molar-refractivity contribution in [3.63, 3.8) is 0 Å². The number of aryl methyl sites for hydroxylation is 1. The second-order valence-corrected chi connectivity index (χ2v) is 7.25. The summed E-state index contributed by atoms with van der Waals surface area (Å²) in [6.07, 6.45) is 6.55. The zero-order valence-electron chi connectivity index (χ0n) is 12.7. The van der Waals surface area contributed by atoms with Gasteiger partial charge in [-0.15, -0.1) is 0 Å². The minimum absolute atomic E-state index is 0.200. The number of anilines is 1. The molecule has 2 aliphatic rings. The summed E-state index contributed by atoms with van der Waals surface area (Å²) >= 11 is 3.28. The lowest BCUT2D eigenvalue weighted by molar-refractivity contribution is -0.114. The molecule has 21 heavy (non-hydrogen) atoms. The number of benzene rings is 1. The number of hydrogen-bond donors (Lipinski definition) is 1. The lowest BCUT2D eigenvalue weighted by atomic mass is 9.60. The van der Waals surface area contributed by atoms with Crippen LogP contribution in [-0.2, 0) is 4.74 Å². The first-order valence-electron chi connectivity index (χ1n) is 7.90. The van der Waals surface area contributed by atoms with E-state index in [1.807, 2.05) is 13.0 Å². The smallest absolute Gasteiger partial charge is 0.137 e. The molecule has 0 aromatic heterocycles. The van der Waals surface area contributed by atoms with Crippen molar-refractivity contribution >= 4 is 21.6 Å². The standard InChI is InChI=1S/C17H23BrFNO/c1-3-21-16-10-15(17(16)6-4-5-7-17)20-14-9-12(18)13(19)8-11(14)2/h8-9,15-16,20H,3-7,10H2,1-2H3. The highest BCUT2D eigenvalue weighted by molar-refractivity contribution is 9.10. The summed E-state index contributed by atoms with van der Waals surface area (Å²) in [6.45, 7) is 4.82. The van der Waals surface area contributed by atoms with Gasteiger partial charge in [0.15, 0.2) is 0 Å². The van der Waals surface area contributed by atoms with Gasteiger partial charge in [0.1, 0.15) is 5.82 Å². The highest BCUT2D eigenvalue weighted by Crippen LogP contribution is 2.55. The molecule has 2 atom stereocenters. The Morgan fingerprint density at radius 2 is 2.10 bits per heavy atom. The third-order valence-electron chi connectivity index (χ3n) is 5.28. The van der Waals surface area contributed by atoms with Crippen molar-refractivity contribution in [3.8, 4) is 0 Å². The van der Waals surface area contributed by atoms with Crippen LogP contribution in [0.1, 0.15) is 44.6 Å². The molecule has 1 aromatic carbocycles. The summed E-state index contributed by atoms with van der Waals surface area (Å²) in [5.41, 5.74) is 2.29. The predicted molar refractivity (Wildman–Crippen MR) is 87.2 cm³/mol. The van der Waals surface area contributed by atoms with Gasteiger partial charge in [0.05, 0.1) is 10.6 Å². The molecular weight excluding hydrogens is 333 g/mol. The van der Waals surface area contributed by atoms with Crippen molar-refractivity contribution in [3.05, 3.63) is 28.0 Å². The lowest BCUT2D eigenvalue weighted by Gasteiger charge is -2.54. The normalized spacial score (nSPS) is 26.9. The fourth-order valence-corrected chi connectivity index (χ4v) is 4.42. The van der Waals surface area contributed by atoms with Crippen LogP contribution in [0, 0.1) is 18.2 Å². The molecule has 4 heteroatoms. The van der Waals surface area contributed by atoms with Gasteiger partial charge in [-0.1, -0.05) is 12.8 Å². The van der Waals surface area contributed by atoms with Crippen molar-refractivity contribution in [2.45, 2.75) is 58.1 Å². The van der Waals surface area contributed by atoms with E-state index in [1.54, 1.807) is 6.07 Å². The van der Waals surface area contributed by atoms with Crippen LogP contribution in [0.3, 0.4) is 0 Å². The summed E-state index contributed by atoms with van der Waals surface area (Å²) in [5, 5.41) is 3.66. The molecule has 2 aliphatic carbocycles. The number of nitrogens with one attached hydrogen (secondary N) is 1. The van der Waals surface area contributed by atoms with E-state index in [1.165, 1.54) is 25.7 Å². The number of hydrogen-bond acceptors (Lipinski definition) is 2. The predicted octanol–water partition coefficient (Wildman–Crippen LogP) is 5.05. The van der Waals surface area contributed by atoms with Gasteiger partial charge in [0.2, 0.25) is 0 Å². The molecule has 0 bridgehead atoms. The molecule has 2 unspecified atom stereocenters. The Morgan fingerprint density at radius 1 is 1.38 bits per heavy atom. The second-order valence-electron chi connectivity index (χ2n) is 6.40. The Bertz CT molecular complexity index is 528. The van der Waals surface area contributed by atoms with E-state index in [9.17, 15) is 4.39 Å². The molecule has 1 aromatic rings. The molecule has 2 saturated carbocycles. The maximum atomic E-state index is 13.6. The zero-order valence-corrected chi connectivity index (χ0v) is 14.3. The third-order valence-corrected chi connectivity index (χ3v) is 5.89. The molecule has 3 rings (SSSR count). The third kappa shape index (κ3) is 2.61. The Balaban J connectivity index is 1.78. The Kier molecular flexibility index (Phi) is 4.28. The van der Waals surface area contributed by atoms with Gasteiger partial charge < -0.3 is 10.1 Å². The maximum absolute atomic E-state index is 13.6. The summed E-state index contributed by atoms with van der Waals surface area (Å²) in [6, 6.07) is 3.90. The van der Waals surface area contributed by atoms with Crippen LogP contribution >= 0.6 is 15.9 Å². The molecule has 0 radical (unpaired) electrons. The first kappa shape index (κ1) is 15.3. The molecular formula is C17H23BrFNO. The highest BCUT2D eigenvalue weighted by atomic mass is 79.9. The maximum Gasteiger partial charge on any atom is 0.137 e. The average Bonchev–Trinajstić information content (AvgIpc) is 2.95. The summed E-state index contributed by atoms with van der Waals surface area (Å²) in [4.78, 5) is 0. The minimum atomic E-state index is -0.200. The van der Waals surface area contributed by atoms with Crippen LogP contribution in [0.2, 0.25) is 0 Å². The first-order valence-corrected chi connectivity index (χ1v) is 8.70. The van der Waals surface area contributed by atoms with Gasteiger partial charge in [-0.25, -0.2) is 4.39 Å². The number of ether oxygens (including phenoxy) is 1. The minimum Gasteiger partial charge on any atom is -0.381 e. The van der Waals surface area contributed by atoms with Gasteiger partial charge in [0, 0.05) is 23.8 Å². The topological polar surface area (TPSA) is 21.3 Å². The zero-order chi connectivity index (χ0) is 15.0. The Hall–Kier alpha value is -0.610. The van der Waals surface area contributed by atoms with E-state index in [4.69, 9.17) is 4.74 Å². The summed E-state index contributed by atoms with van der Waals surface area (Å²) in [7, 11) is 0. The van der Waals surface area contributed by atoms with Crippen LogP contribution in [-0.4, -0.2) is 18.8 Å². The van der Waals surface area contributed by atoms with E-state index in [2.05, 4.69) is 28.2 Å². The van der Waals surface area contributed by atoms with Crippen molar-refractivity contribution < 1.29 is 9.13 Å². The van der Waals surface area contributed by atoms with Crippen LogP contribution < -0.4 is 5.32 Å². The van der Waals surface area contributed by atoms with Gasteiger partial charge in [-0.3, -0.25) is 0 Å². The molecule has 0 heterocycles. The molecule has 0 aliphatic heterocycles. The number of rotatable bonds is 4. The SMILES string of the molecule is CCOC1CC(Nc2cc(Br)c(F)cc2C)C12CCCC2. The average molecular weight is 356 g/mol. The molecule has 2 nitrogen and oxygen atoms in total.